The lowest BCUT2D eigenvalue weighted by Gasteiger charge is -2.30. The Kier molecular flexibility index (Phi) is 6.38. The molecular weight excluding hydrogens is 396 g/mol. The summed E-state index contributed by atoms with van der Waals surface area (Å²) in [6, 6.07) is 15.6. The molecule has 0 radical (unpaired) electrons. The van der Waals surface area contributed by atoms with Gasteiger partial charge >= 0.3 is 0 Å². The topological polar surface area (TPSA) is 50.2 Å². The predicted molar refractivity (Wildman–Crippen MR) is 123 cm³/mol. The molecule has 1 aliphatic rings. The number of halogens is 1. The Morgan fingerprint density at radius 1 is 1.07 bits per heavy atom. The molecule has 0 atom stereocenters. The van der Waals surface area contributed by atoms with Crippen LogP contribution in [0.3, 0.4) is 0 Å². The van der Waals surface area contributed by atoms with Crippen LogP contribution in [0, 0.1) is 0 Å². The van der Waals surface area contributed by atoms with Crippen LogP contribution in [0.5, 0.6) is 0 Å². The van der Waals surface area contributed by atoms with E-state index in [0.717, 1.165) is 48.7 Å². The quantitative estimate of drug-likeness (QED) is 0.552. The highest BCUT2D eigenvalue weighted by Gasteiger charge is 2.20. The average molecular weight is 423 g/mol. The summed E-state index contributed by atoms with van der Waals surface area (Å²) in [5.74, 6) is -0.122. The number of nitrogens with one attached hydrogen (secondary N) is 1. The molecule has 1 amide bonds. The number of para-hydroxylation sites is 2. The van der Waals surface area contributed by atoms with Gasteiger partial charge in [0.15, 0.2) is 0 Å². The van der Waals surface area contributed by atoms with Gasteiger partial charge in [0.25, 0.3) is 5.91 Å². The van der Waals surface area contributed by atoms with Crippen molar-refractivity contribution in [2.45, 2.75) is 39.0 Å². The lowest BCUT2D eigenvalue weighted by Crippen LogP contribution is -2.30. The molecule has 1 aromatic heterocycles. The van der Waals surface area contributed by atoms with E-state index in [1.165, 1.54) is 19.3 Å². The minimum absolute atomic E-state index is 0.122. The first-order chi connectivity index (χ1) is 14.7. The van der Waals surface area contributed by atoms with Crippen molar-refractivity contribution in [1.29, 1.82) is 0 Å². The molecule has 5 nitrogen and oxygen atoms in total. The van der Waals surface area contributed by atoms with Gasteiger partial charge in [-0.3, -0.25) is 4.79 Å². The summed E-state index contributed by atoms with van der Waals surface area (Å²) in [7, 11) is 0. The Morgan fingerprint density at radius 3 is 2.53 bits per heavy atom. The SMILES string of the molecule is CCCc1c(C(=O)Nc2ccccc2N2CCCCC2)cnn1-c1ccc(Cl)cc1. The molecule has 2 heterocycles. The Hall–Kier alpha value is -2.79. The number of rotatable bonds is 6. The summed E-state index contributed by atoms with van der Waals surface area (Å²) in [6.07, 6.45) is 7.00. The van der Waals surface area contributed by atoms with Crippen molar-refractivity contribution in [2.24, 2.45) is 0 Å². The van der Waals surface area contributed by atoms with Gasteiger partial charge in [-0.15, -0.1) is 0 Å². The first kappa shape index (κ1) is 20.5. The lowest BCUT2D eigenvalue weighted by molar-refractivity contribution is 0.102. The van der Waals surface area contributed by atoms with Crippen molar-refractivity contribution in [3.63, 3.8) is 0 Å². The molecule has 2 aromatic carbocycles. The fraction of sp³-hybridized carbons (Fsp3) is 0.333. The molecule has 156 valence electrons. The molecule has 1 aliphatic heterocycles. The van der Waals surface area contributed by atoms with Gasteiger partial charge in [-0.1, -0.05) is 37.1 Å². The van der Waals surface area contributed by atoms with E-state index in [1.54, 1.807) is 6.20 Å². The molecule has 1 N–H and O–H groups in total. The summed E-state index contributed by atoms with van der Waals surface area (Å²) in [5, 5.41) is 8.33. The number of hydrogen-bond acceptors (Lipinski definition) is 3. The number of benzene rings is 2. The molecule has 4 rings (SSSR count). The van der Waals surface area contributed by atoms with Gasteiger partial charge in [0.1, 0.15) is 0 Å². The van der Waals surface area contributed by atoms with E-state index in [9.17, 15) is 4.79 Å². The number of hydrogen-bond donors (Lipinski definition) is 1. The van der Waals surface area contributed by atoms with Crippen LogP contribution in [0.15, 0.2) is 54.7 Å². The maximum Gasteiger partial charge on any atom is 0.259 e. The first-order valence-electron chi connectivity index (χ1n) is 10.7. The zero-order valence-electron chi connectivity index (χ0n) is 17.3. The van der Waals surface area contributed by atoms with Gasteiger partial charge in [0, 0.05) is 18.1 Å². The summed E-state index contributed by atoms with van der Waals surface area (Å²) in [5.41, 5.74) is 4.36. The zero-order valence-corrected chi connectivity index (χ0v) is 18.0. The summed E-state index contributed by atoms with van der Waals surface area (Å²) < 4.78 is 1.84. The van der Waals surface area contributed by atoms with Crippen LogP contribution in [0.2, 0.25) is 5.02 Å². The molecule has 0 spiro atoms. The Balaban J connectivity index is 1.62. The van der Waals surface area contributed by atoms with Crippen molar-refractivity contribution in [1.82, 2.24) is 9.78 Å². The van der Waals surface area contributed by atoms with Gasteiger partial charge in [-0.05, 0) is 62.1 Å². The third-order valence-corrected chi connectivity index (χ3v) is 5.77. The predicted octanol–water partition coefficient (Wildman–Crippen LogP) is 5.72. The van der Waals surface area contributed by atoms with E-state index >= 15 is 0 Å². The fourth-order valence-electron chi connectivity index (χ4n) is 4.03. The minimum atomic E-state index is -0.122. The lowest BCUT2D eigenvalue weighted by atomic mass is 10.1. The second kappa shape index (κ2) is 9.35. The third kappa shape index (κ3) is 4.36. The van der Waals surface area contributed by atoms with E-state index < -0.39 is 0 Å². The van der Waals surface area contributed by atoms with Crippen LogP contribution in [0.25, 0.3) is 5.69 Å². The van der Waals surface area contributed by atoms with Gasteiger partial charge in [0.2, 0.25) is 0 Å². The Bertz CT molecular complexity index is 1010. The number of anilines is 2. The highest BCUT2D eigenvalue weighted by atomic mass is 35.5. The zero-order chi connectivity index (χ0) is 20.9. The van der Waals surface area contributed by atoms with Crippen LogP contribution in [0.4, 0.5) is 11.4 Å². The number of carbonyl (C=O) groups excluding carboxylic acids is 1. The summed E-state index contributed by atoms with van der Waals surface area (Å²) in [6.45, 7) is 4.16. The number of carbonyl (C=O) groups is 1. The van der Waals surface area contributed by atoms with Gasteiger partial charge in [-0.2, -0.15) is 5.10 Å². The average Bonchev–Trinajstić information content (AvgIpc) is 3.19. The van der Waals surface area contributed by atoms with E-state index in [2.05, 4.69) is 28.3 Å². The molecule has 1 fully saturated rings. The van der Waals surface area contributed by atoms with Crippen molar-refractivity contribution in [2.75, 3.05) is 23.3 Å². The number of amides is 1. The molecule has 30 heavy (non-hydrogen) atoms. The molecule has 1 saturated heterocycles. The molecule has 3 aromatic rings. The van der Waals surface area contributed by atoms with Crippen molar-refractivity contribution < 1.29 is 4.79 Å². The normalized spacial score (nSPS) is 14.0. The Labute approximate surface area is 182 Å². The standard InChI is InChI=1S/C24H27ClN4O/c1-2-8-22-20(17-26-29(22)19-13-11-18(25)12-14-19)24(30)27-21-9-4-5-10-23(21)28-15-6-3-7-16-28/h4-5,9-14,17H,2-3,6-8,15-16H2,1H3,(H,27,30). The van der Waals surface area contributed by atoms with Crippen LogP contribution in [-0.4, -0.2) is 28.8 Å². The largest absolute Gasteiger partial charge is 0.370 e. The van der Waals surface area contributed by atoms with Crippen molar-refractivity contribution in [3.05, 3.63) is 71.0 Å². The summed E-state index contributed by atoms with van der Waals surface area (Å²) in [4.78, 5) is 15.6. The molecule has 0 unspecified atom stereocenters. The molecule has 0 saturated carbocycles. The van der Waals surface area contributed by atoms with Crippen LogP contribution in [-0.2, 0) is 6.42 Å². The highest BCUT2D eigenvalue weighted by molar-refractivity contribution is 6.30. The van der Waals surface area contributed by atoms with Gasteiger partial charge < -0.3 is 10.2 Å². The van der Waals surface area contributed by atoms with E-state index in [-0.39, 0.29) is 5.91 Å². The maximum atomic E-state index is 13.2. The maximum absolute atomic E-state index is 13.2. The van der Waals surface area contributed by atoms with E-state index in [4.69, 9.17) is 11.6 Å². The van der Waals surface area contributed by atoms with Crippen LogP contribution >= 0.6 is 11.6 Å². The number of nitrogens with zero attached hydrogens (tertiary/aromatic N) is 3. The summed E-state index contributed by atoms with van der Waals surface area (Å²) >= 11 is 6.03. The minimum Gasteiger partial charge on any atom is -0.370 e. The van der Waals surface area contributed by atoms with Crippen molar-refractivity contribution in [3.8, 4) is 5.69 Å². The Morgan fingerprint density at radius 2 is 1.80 bits per heavy atom. The molecule has 0 aliphatic carbocycles. The number of piperidine rings is 1. The van der Waals surface area contributed by atoms with Crippen LogP contribution < -0.4 is 10.2 Å². The second-order valence-electron chi connectivity index (χ2n) is 7.66. The first-order valence-corrected chi connectivity index (χ1v) is 11.0. The van der Waals surface area contributed by atoms with Gasteiger partial charge in [0.05, 0.1) is 34.5 Å². The third-order valence-electron chi connectivity index (χ3n) is 5.52. The fourth-order valence-corrected chi connectivity index (χ4v) is 4.15. The second-order valence-corrected chi connectivity index (χ2v) is 8.10. The van der Waals surface area contributed by atoms with Gasteiger partial charge in [-0.25, -0.2) is 4.68 Å². The van der Waals surface area contributed by atoms with Crippen molar-refractivity contribution >= 4 is 28.9 Å². The van der Waals surface area contributed by atoms with E-state index in [1.807, 2.05) is 47.1 Å². The molecule has 0 bridgehead atoms. The highest BCUT2D eigenvalue weighted by Crippen LogP contribution is 2.29. The monoisotopic (exact) mass is 422 g/mol. The number of aromatic nitrogens is 2. The van der Waals surface area contributed by atoms with E-state index in [0.29, 0.717) is 10.6 Å². The molecule has 6 heteroatoms. The smallest absolute Gasteiger partial charge is 0.259 e. The van der Waals surface area contributed by atoms with Crippen LogP contribution in [0.1, 0.15) is 48.7 Å². The molecular formula is C24H27ClN4O.